The molecule has 0 saturated heterocycles. The van der Waals surface area contributed by atoms with E-state index in [0.29, 0.717) is 58.4 Å². The van der Waals surface area contributed by atoms with Crippen molar-refractivity contribution < 1.29 is 33.6 Å². The van der Waals surface area contributed by atoms with E-state index in [9.17, 15) is 19.4 Å². The van der Waals surface area contributed by atoms with Gasteiger partial charge in [-0.25, -0.2) is 9.37 Å². The zero-order valence-corrected chi connectivity index (χ0v) is 22.7. The van der Waals surface area contributed by atoms with E-state index in [0.717, 1.165) is 0 Å². The first-order valence-corrected chi connectivity index (χ1v) is 12.9. The van der Waals surface area contributed by atoms with Crippen LogP contribution in [0.5, 0.6) is 17.2 Å². The number of carbonyl (C=O) groups excluding carboxylic acids is 1. The lowest BCUT2D eigenvalue weighted by atomic mass is 9.83. The number of nitrogens with two attached hydrogens (primary N) is 1. The van der Waals surface area contributed by atoms with Crippen LogP contribution in [0.1, 0.15) is 61.6 Å². The number of nitrogens with zero attached hydrogens (tertiary/aromatic N) is 1. The molecule has 0 fully saturated rings. The van der Waals surface area contributed by atoms with Crippen LogP contribution in [-0.4, -0.2) is 47.4 Å². The predicted molar refractivity (Wildman–Crippen MR) is 145 cm³/mol. The van der Waals surface area contributed by atoms with Crippen molar-refractivity contribution in [3.05, 3.63) is 71.2 Å². The second-order valence-electron chi connectivity index (χ2n) is 10.5. The average Bonchev–Trinajstić information content (AvgIpc) is 2.90. The number of halogens is 1. The minimum atomic E-state index is -1.47. The van der Waals surface area contributed by atoms with Crippen LogP contribution in [0.25, 0.3) is 11.3 Å². The van der Waals surface area contributed by atoms with Crippen molar-refractivity contribution in [1.82, 2.24) is 4.98 Å². The minimum absolute atomic E-state index is 0.0328. The molecule has 0 spiro atoms. The van der Waals surface area contributed by atoms with Gasteiger partial charge in [0.15, 0.2) is 23.0 Å². The van der Waals surface area contributed by atoms with Gasteiger partial charge < -0.3 is 30.2 Å². The number of fused-ring (bicyclic) bond motifs is 1. The smallest absolute Gasteiger partial charge is 0.163 e. The summed E-state index contributed by atoms with van der Waals surface area (Å²) in [5.74, 6) is 0.729. The first-order chi connectivity index (χ1) is 18.4. The molecular formula is C30H35FN2O6. The Morgan fingerprint density at radius 3 is 2.62 bits per heavy atom. The van der Waals surface area contributed by atoms with Crippen LogP contribution in [-0.2, 0) is 11.1 Å². The molecule has 208 valence electrons. The van der Waals surface area contributed by atoms with Crippen molar-refractivity contribution in [3.8, 4) is 28.5 Å². The van der Waals surface area contributed by atoms with Crippen molar-refractivity contribution in [3.63, 3.8) is 0 Å². The van der Waals surface area contributed by atoms with Crippen LogP contribution < -0.4 is 19.9 Å². The lowest BCUT2D eigenvalue weighted by Crippen LogP contribution is -2.39. The van der Waals surface area contributed by atoms with E-state index >= 15 is 0 Å². The van der Waals surface area contributed by atoms with E-state index in [1.54, 1.807) is 50.2 Å². The predicted octanol–water partition coefficient (Wildman–Crippen LogP) is 4.48. The zero-order chi connectivity index (χ0) is 28.4. The Kier molecular flexibility index (Phi) is 8.25. The Bertz CT molecular complexity index is 1340. The number of ether oxygens (including phenoxy) is 3. The van der Waals surface area contributed by atoms with Crippen LogP contribution in [0, 0.1) is 5.82 Å². The largest absolute Gasteiger partial charge is 0.493 e. The first-order valence-electron chi connectivity index (χ1n) is 12.9. The van der Waals surface area contributed by atoms with E-state index in [1.807, 2.05) is 6.92 Å². The van der Waals surface area contributed by atoms with Gasteiger partial charge in [0.05, 0.1) is 25.5 Å². The molecule has 2 aromatic carbocycles. The van der Waals surface area contributed by atoms with Crippen molar-refractivity contribution in [2.45, 2.75) is 57.3 Å². The Labute approximate surface area is 227 Å². The Morgan fingerprint density at radius 2 is 1.95 bits per heavy atom. The molecular weight excluding hydrogens is 503 g/mol. The highest BCUT2D eigenvalue weighted by atomic mass is 19.1. The van der Waals surface area contributed by atoms with Crippen molar-refractivity contribution in [1.29, 1.82) is 0 Å². The van der Waals surface area contributed by atoms with Gasteiger partial charge in [0.1, 0.15) is 23.7 Å². The lowest BCUT2D eigenvalue weighted by molar-refractivity contribution is 0.0393. The van der Waals surface area contributed by atoms with Gasteiger partial charge in [-0.1, -0.05) is 0 Å². The number of hydrogen-bond acceptors (Lipinski definition) is 8. The summed E-state index contributed by atoms with van der Waals surface area (Å²) >= 11 is 0. The lowest BCUT2D eigenvalue weighted by Gasteiger charge is -2.35. The molecule has 4 rings (SSSR count). The maximum atomic E-state index is 13.6. The van der Waals surface area contributed by atoms with Gasteiger partial charge in [0, 0.05) is 35.1 Å². The van der Waals surface area contributed by atoms with Gasteiger partial charge >= 0.3 is 0 Å². The first kappa shape index (κ1) is 28.5. The summed E-state index contributed by atoms with van der Waals surface area (Å²) in [5, 5.41) is 21.0. The van der Waals surface area contributed by atoms with Crippen LogP contribution in [0.3, 0.4) is 0 Å². The van der Waals surface area contributed by atoms with Gasteiger partial charge in [0.2, 0.25) is 0 Å². The molecule has 8 nitrogen and oxygen atoms in total. The summed E-state index contributed by atoms with van der Waals surface area (Å²) < 4.78 is 30.5. The van der Waals surface area contributed by atoms with Gasteiger partial charge in [-0.05, 0) is 75.7 Å². The van der Waals surface area contributed by atoms with Gasteiger partial charge in [-0.15, -0.1) is 0 Å². The molecule has 0 unspecified atom stereocenters. The fraction of sp³-hybridized carbons (Fsp3) is 0.400. The summed E-state index contributed by atoms with van der Waals surface area (Å²) in [6.07, 6.45) is 0.0462. The molecule has 0 radical (unpaired) electrons. The number of pyridine rings is 1. The van der Waals surface area contributed by atoms with Crippen LogP contribution in [0.2, 0.25) is 0 Å². The number of ketones is 1. The molecule has 1 aliphatic heterocycles. The van der Waals surface area contributed by atoms with Gasteiger partial charge in [-0.2, -0.15) is 0 Å². The summed E-state index contributed by atoms with van der Waals surface area (Å²) in [6, 6.07) is 12.4. The molecule has 0 bridgehead atoms. The van der Waals surface area contributed by atoms with Crippen LogP contribution >= 0.6 is 0 Å². The molecule has 4 N–H and O–H groups in total. The second-order valence-corrected chi connectivity index (χ2v) is 10.5. The maximum Gasteiger partial charge on any atom is 0.163 e. The molecule has 0 amide bonds. The summed E-state index contributed by atoms with van der Waals surface area (Å²) in [6.45, 7) is 5.61. The van der Waals surface area contributed by atoms with E-state index < -0.39 is 17.2 Å². The second kappa shape index (κ2) is 11.3. The summed E-state index contributed by atoms with van der Waals surface area (Å²) in [7, 11) is 1.47. The molecule has 1 aliphatic rings. The Balaban J connectivity index is 1.60. The Hall–Kier alpha value is -3.53. The highest BCUT2D eigenvalue weighted by Crippen LogP contribution is 2.43. The normalized spacial score (nSPS) is 18.9. The van der Waals surface area contributed by atoms with Crippen molar-refractivity contribution in [2.24, 2.45) is 5.73 Å². The number of methoxy groups -OCH3 is 1. The maximum absolute atomic E-state index is 13.6. The number of rotatable bonds is 10. The SMILES string of the molecule is COc1cc(C(=O)CC[C@](C)(O)c2cc3c(c(-c4ccc(F)cc4)n2)OCC[C@]3(C)N)ccc1OC[C@@H](C)O. The zero-order valence-electron chi connectivity index (χ0n) is 22.7. The summed E-state index contributed by atoms with van der Waals surface area (Å²) in [4.78, 5) is 17.8. The summed E-state index contributed by atoms with van der Waals surface area (Å²) in [5.41, 5.74) is 6.94. The molecule has 3 aromatic rings. The average molecular weight is 539 g/mol. The molecule has 9 heteroatoms. The van der Waals surface area contributed by atoms with E-state index in [2.05, 4.69) is 0 Å². The monoisotopic (exact) mass is 538 g/mol. The highest BCUT2D eigenvalue weighted by Gasteiger charge is 2.36. The quantitative estimate of drug-likeness (QED) is 0.323. The standard InChI is InChI=1S/C30H35FN2O6/c1-18(34)17-39-24-10-7-20(15-25(24)37-4)23(35)11-12-30(3,36)26-16-22-28(38-14-13-29(22,2)32)27(33-26)19-5-8-21(31)9-6-19/h5-10,15-16,18,34,36H,11-14,17,32H2,1-4H3/t18-,29+,30+/m1/s1. The molecule has 0 saturated carbocycles. The minimum Gasteiger partial charge on any atom is -0.493 e. The van der Waals surface area contributed by atoms with Crippen molar-refractivity contribution in [2.75, 3.05) is 20.3 Å². The van der Waals surface area contributed by atoms with E-state index in [4.69, 9.17) is 24.9 Å². The van der Waals surface area contributed by atoms with E-state index in [1.165, 1.54) is 19.2 Å². The third-order valence-electron chi connectivity index (χ3n) is 6.93. The third kappa shape index (κ3) is 6.38. The molecule has 39 heavy (non-hydrogen) atoms. The third-order valence-corrected chi connectivity index (χ3v) is 6.93. The van der Waals surface area contributed by atoms with Gasteiger partial charge in [0.25, 0.3) is 0 Å². The number of aromatic nitrogens is 1. The number of aliphatic hydroxyl groups excluding tert-OH is 1. The number of aliphatic hydroxyl groups is 2. The molecule has 1 aromatic heterocycles. The van der Waals surface area contributed by atoms with Crippen LogP contribution in [0.15, 0.2) is 48.5 Å². The number of carbonyl (C=O) groups is 1. The fourth-order valence-corrected chi connectivity index (χ4v) is 4.48. The topological polar surface area (TPSA) is 124 Å². The number of hydrogen-bond donors (Lipinski definition) is 3. The highest BCUT2D eigenvalue weighted by molar-refractivity contribution is 5.96. The number of Topliss-reactive ketones (excluding diaryl/α,β-unsaturated/α-hetero) is 1. The van der Waals surface area contributed by atoms with E-state index in [-0.39, 0.29) is 31.0 Å². The fourth-order valence-electron chi connectivity index (χ4n) is 4.48. The van der Waals surface area contributed by atoms with Crippen molar-refractivity contribution >= 4 is 5.78 Å². The Morgan fingerprint density at radius 1 is 1.23 bits per heavy atom. The number of benzene rings is 2. The molecule has 3 atom stereocenters. The molecule has 2 heterocycles. The molecule has 0 aliphatic carbocycles. The van der Waals surface area contributed by atoms with Gasteiger partial charge in [-0.3, -0.25) is 4.79 Å². The van der Waals surface area contributed by atoms with Crippen LogP contribution in [0.4, 0.5) is 4.39 Å².